The highest BCUT2D eigenvalue weighted by atomic mass is 32.2. The number of benzene rings is 1. The first kappa shape index (κ1) is 17.2. The Morgan fingerprint density at radius 3 is 2.42 bits per heavy atom. The van der Waals surface area contributed by atoms with Gasteiger partial charge in [-0.15, -0.1) is 0 Å². The van der Waals surface area contributed by atoms with Gasteiger partial charge in [-0.3, -0.25) is 4.55 Å². The average Bonchev–Trinajstić information content (AvgIpc) is 2.31. The van der Waals surface area contributed by atoms with Gasteiger partial charge in [-0.25, -0.2) is 0 Å². The van der Waals surface area contributed by atoms with E-state index in [1.807, 2.05) is 6.92 Å². The molecular weight excluding hydrogens is 272 g/mol. The van der Waals surface area contributed by atoms with Crippen molar-refractivity contribution in [3.63, 3.8) is 0 Å². The molecule has 8 heteroatoms. The number of phenols is 1. The van der Waals surface area contributed by atoms with Crippen LogP contribution in [0, 0.1) is 11.3 Å². The lowest BCUT2D eigenvalue weighted by molar-refractivity contribution is 0.373. The zero-order chi connectivity index (χ0) is 15.1. The van der Waals surface area contributed by atoms with E-state index in [1.54, 1.807) is 0 Å². The second-order valence-corrected chi connectivity index (χ2v) is 4.86. The molecule has 0 spiro atoms. The van der Waals surface area contributed by atoms with E-state index in [2.05, 4.69) is 0 Å². The van der Waals surface area contributed by atoms with Crippen molar-refractivity contribution in [1.29, 1.82) is 5.26 Å². The van der Waals surface area contributed by atoms with Crippen LogP contribution in [0.15, 0.2) is 18.2 Å². The summed E-state index contributed by atoms with van der Waals surface area (Å²) in [7, 11) is -3.22. The topological polar surface area (TPSA) is 134 Å². The predicted molar refractivity (Wildman–Crippen MR) is 69.3 cm³/mol. The molecule has 0 heterocycles. The Bertz CT molecular complexity index is 551. The molecule has 1 atom stereocenters. The third-order valence-electron chi connectivity index (χ3n) is 1.92. The van der Waals surface area contributed by atoms with Crippen molar-refractivity contribution in [2.75, 3.05) is 13.7 Å². The summed E-state index contributed by atoms with van der Waals surface area (Å²) in [5.41, 5.74) is 4.87. The molecular formula is C11H16N2O5S. The third kappa shape index (κ3) is 5.13. The van der Waals surface area contributed by atoms with Gasteiger partial charge in [0.1, 0.15) is 0 Å². The quantitative estimate of drug-likeness (QED) is 0.701. The monoisotopic (exact) mass is 288 g/mol. The van der Waals surface area contributed by atoms with E-state index < -0.39 is 15.4 Å². The van der Waals surface area contributed by atoms with Gasteiger partial charge in [-0.05, 0) is 24.2 Å². The molecule has 0 fully saturated rings. The maximum absolute atomic E-state index is 10.9. The molecule has 0 bridgehead atoms. The zero-order valence-electron chi connectivity index (χ0n) is 10.6. The molecule has 0 radical (unpaired) electrons. The average molecular weight is 288 g/mol. The summed E-state index contributed by atoms with van der Waals surface area (Å²) < 4.78 is 35.3. The smallest absolute Gasteiger partial charge is 0.285 e. The van der Waals surface area contributed by atoms with Crippen LogP contribution in [0.5, 0.6) is 11.5 Å². The molecule has 7 nitrogen and oxygen atoms in total. The molecule has 0 saturated heterocycles. The minimum atomic E-state index is -4.50. The zero-order valence-corrected chi connectivity index (χ0v) is 11.4. The normalized spacial score (nSPS) is 11.7. The second-order valence-electron chi connectivity index (χ2n) is 3.36. The van der Waals surface area contributed by atoms with Crippen LogP contribution in [-0.2, 0) is 10.1 Å². The van der Waals surface area contributed by atoms with Crippen LogP contribution >= 0.6 is 0 Å². The van der Waals surface area contributed by atoms with Gasteiger partial charge in [-0.2, -0.15) is 13.7 Å². The standard InChI is InChI=1S/C9H9NO5S.C2H7N/c1-15-8-4-6(2-3-7(8)11)9(5-10)16(12,13)14;1-2-3/h2-4,9,11H,1H3,(H,12,13,14);2-3H2,1H3. The number of rotatable bonds is 3. The van der Waals surface area contributed by atoms with E-state index >= 15 is 0 Å². The summed E-state index contributed by atoms with van der Waals surface area (Å²) in [5.74, 6) is -0.153. The van der Waals surface area contributed by atoms with Crippen molar-refractivity contribution in [2.45, 2.75) is 12.2 Å². The van der Waals surface area contributed by atoms with Gasteiger partial charge in [0.05, 0.1) is 13.2 Å². The number of hydrogen-bond acceptors (Lipinski definition) is 6. The molecule has 0 saturated carbocycles. The number of nitriles is 1. The van der Waals surface area contributed by atoms with Gasteiger partial charge >= 0.3 is 0 Å². The van der Waals surface area contributed by atoms with E-state index in [1.165, 1.54) is 31.4 Å². The minimum Gasteiger partial charge on any atom is -0.504 e. The molecule has 0 aliphatic carbocycles. The van der Waals surface area contributed by atoms with E-state index in [-0.39, 0.29) is 17.1 Å². The SMILES string of the molecule is CCN.COc1cc(C(C#N)S(=O)(=O)O)ccc1O. The summed E-state index contributed by atoms with van der Waals surface area (Å²) in [4.78, 5) is 0. The summed E-state index contributed by atoms with van der Waals surface area (Å²) in [6.45, 7) is 2.65. The fraction of sp³-hybridized carbons (Fsp3) is 0.364. The highest BCUT2D eigenvalue weighted by Crippen LogP contribution is 2.31. The lowest BCUT2D eigenvalue weighted by Crippen LogP contribution is -2.10. The van der Waals surface area contributed by atoms with E-state index in [9.17, 15) is 13.5 Å². The van der Waals surface area contributed by atoms with Crippen LogP contribution in [0.25, 0.3) is 0 Å². The molecule has 1 aromatic rings. The van der Waals surface area contributed by atoms with E-state index in [4.69, 9.17) is 20.3 Å². The van der Waals surface area contributed by atoms with Gasteiger partial charge in [0.25, 0.3) is 10.1 Å². The molecule has 19 heavy (non-hydrogen) atoms. The van der Waals surface area contributed by atoms with Crippen molar-refractivity contribution in [2.24, 2.45) is 5.73 Å². The fourth-order valence-electron chi connectivity index (χ4n) is 1.17. The number of aromatic hydroxyl groups is 1. The van der Waals surface area contributed by atoms with Crippen LogP contribution in [0.1, 0.15) is 17.7 Å². The Morgan fingerprint density at radius 1 is 1.53 bits per heavy atom. The summed E-state index contributed by atoms with van der Waals surface area (Å²) in [5, 5.41) is 16.2. The van der Waals surface area contributed by atoms with Crippen LogP contribution in [0.4, 0.5) is 0 Å². The Hall–Kier alpha value is -1.82. The first-order valence-electron chi connectivity index (χ1n) is 5.24. The van der Waals surface area contributed by atoms with Crippen LogP contribution in [0.3, 0.4) is 0 Å². The highest BCUT2D eigenvalue weighted by molar-refractivity contribution is 7.86. The van der Waals surface area contributed by atoms with Crippen molar-refractivity contribution in [3.05, 3.63) is 23.8 Å². The number of ether oxygens (including phenoxy) is 1. The Morgan fingerprint density at radius 2 is 2.05 bits per heavy atom. The van der Waals surface area contributed by atoms with Crippen molar-refractivity contribution in [3.8, 4) is 17.6 Å². The minimum absolute atomic E-state index is 0.0275. The second kappa shape index (κ2) is 7.58. The Balaban J connectivity index is 0.000000982. The molecule has 1 rings (SSSR count). The third-order valence-corrected chi connectivity index (χ3v) is 2.89. The molecule has 1 unspecified atom stereocenters. The predicted octanol–water partition coefficient (Wildman–Crippen LogP) is 0.818. The first-order chi connectivity index (χ1) is 8.81. The molecule has 0 aromatic heterocycles. The van der Waals surface area contributed by atoms with E-state index in [0.29, 0.717) is 0 Å². The molecule has 1 aromatic carbocycles. The summed E-state index contributed by atoms with van der Waals surface area (Å²) in [6, 6.07) is 5.04. The van der Waals surface area contributed by atoms with Gasteiger partial charge < -0.3 is 15.6 Å². The van der Waals surface area contributed by atoms with Crippen LogP contribution < -0.4 is 10.5 Å². The molecule has 106 valence electrons. The number of nitrogens with two attached hydrogens (primary N) is 1. The molecule has 4 N–H and O–H groups in total. The first-order valence-corrected chi connectivity index (χ1v) is 6.75. The van der Waals surface area contributed by atoms with Crippen molar-refractivity contribution < 1.29 is 22.8 Å². The molecule has 0 aliphatic heterocycles. The number of hydrogen-bond donors (Lipinski definition) is 3. The van der Waals surface area contributed by atoms with Gasteiger partial charge in [0.2, 0.25) is 0 Å². The highest BCUT2D eigenvalue weighted by Gasteiger charge is 2.25. The molecule has 0 amide bonds. The van der Waals surface area contributed by atoms with Crippen molar-refractivity contribution in [1.82, 2.24) is 0 Å². The van der Waals surface area contributed by atoms with Gasteiger partial charge in [0.15, 0.2) is 16.7 Å². The maximum Gasteiger partial charge on any atom is 0.285 e. The summed E-state index contributed by atoms with van der Waals surface area (Å²) in [6.07, 6.45) is 0. The molecule has 0 aliphatic rings. The van der Waals surface area contributed by atoms with Crippen molar-refractivity contribution >= 4 is 10.1 Å². The number of nitrogens with zero attached hydrogens (tertiary/aromatic N) is 1. The van der Waals surface area contributed by atoms with Gasteiger partial charge in [0, 0.05) is 0 Å². The lowest BCUT2D eigenvalue weighted by Gasteiger charge is -2.09. The number of methoxy groups -OCH3 is 1. The van der Waals surface area contributed by atoms with Crippen LogP contribution in [-0.4, -0.2) is 31.7 Å². The lowest BCUT2D eigenvalue weighted by atomic mass is 10.1. The summed E-state index contributed by atoms with van der Waals surface area (Å²) >= 11 is 0. The maximum atomic E-state index is 10.9. The van der Waals surface area contributed by atoms with E-state index in [0.717, 1.165) is 6.54 Å². The fourth-order valence-corrected chi connectivity index (χ4v) is 1.79. The Kier molecular flexibility index (Phi) is 6.85. The number of phenolic OH excluding ortho intramolecular Hbond substituents is 1. The van der Waals surface area contributed by atoms with Gasteiger partial charge in [-0.1, -0.05) is 13.0 Å². The van der Waals surface area contributed by atoms with Crippen LogP contribution in [0.2, 0.25) is 0 Å². The largest absolute Gasteiger partial charge is 0.504 e. The Labute approximate surface area is 112 Å².